The van der Waals surface area contributed by atoms with Crippen molar-refractivity contribution in [3.63, 3.8) is 0 Å². The Hall–Kier alpha value is -2.66. The molecule has 25 heavy (non-hydrogen) atoms. The van der Waals surface area contributed by atoms with Crippen molar-refractivity contribution in [2.45, 2.75) is 20.8 Å². The zero-order valence-electron chi connectivity index (χ0n) is 14.6. The van der Waals surface area contributed by atoms with Crippen molar-refractivity contribution in [3.05, 3.63) is 58.9 Å². The Morgan fingerprint density at radius 2 is 1.76 bits per heavy atom. The number of carbonyl (C=O) groups is 1. The number of fused-ring (bicyclic) bond motifs is 1. The van der Waals surface area contributed by atoms with Crippen LogP contribution in [0, 0.1) is 20.8 Å². The number of carbonyl (C=O) groups excluding carboxylic acids is 1. The minimum atomic E-state index is -0.433. The summed E-state index contributed by atoms with van der Waals surface area (Å²) in [6, 6.07) is 9.98. The molecule has 1 N–H and O–H groups in total. The van der Waals surface area contributed by atoms with E-state index in [1.165, 1.54) is 13.3 Å². The molecule has 2 heterocycles. The Bertz CT molecular complexity index is 921. The van der Waals surface area contributed by atoms with Gasteiger partial charge in [0.05, 0.1) is 12.8 Å². The van der Waals surface area contributed by atoms with Gasteiger partial charge in [-0.25, -0.2) is 14.8 Å². The molecule has 130 valence electrons. The Morgan fingerprint density at radius 1 is 1.08 bits per heavy atom. The van der Waals surface area contributed by atoms with Crippen LogP contribution in [0.1, 0.15) is 27.2 Å². The number of pyridine rings is 2. The summed E-state index contributed by atoms with van der Waals surface area (Å²) in [5, 5.41) is 4.13. The van der Waals surface area contributed by atoms with E-state index in [1.54, 1.807) is 0 Å². The molecule has 0 unspecified atom stereocenters. The van der Waals surface area contributed by atoms with Crippen LogP contribution in [0.25, 0.3) is 11.0 Å². The quantitative estimate of drug-likeness (QED) is 0.699. The van der Waals surface area contributed by atoms with E-state index in [1.807, 2.05) is 45.0 Å². The fourth-order valence-electron chi connectivity index (χ4n) is 2.76. The van der Waals surface area contributed by atoms with Crippen LogP contribution in [0.4, 0.5) is 11.4 Å². The second kappa shape index (κ2) is 7.49. The Morgan fingerprint density at radius 3 is 2.40 bits per heavy atom. The zero-order chi connectivity index (χ0) is 17.3. The monoisotopic (exact) mass is 357 g/mol. The molecule has 0 aliphatic carbocycles. The van der Waals surface area contributed by atoms with Gasteiger partial charge in [0.1, 0.15) is 5.56 Å². The largest absolute Gasteiger partial charge is 0.465 e. The first-order valence-electron chi connectivity index (χ1n) is 7.68. The highest BCUT2D eigenvalue weighted by molar-refractivity contribution is 6.05. The lowest BCUT2D eigenvalue weighted by molar-refractivity contribution is 0.0601. The van der Waals surface area contributed by atoms with Gasteiger partial charge in [-0.1, -0.05) is 6.07 Å². The van der Waals surface area contributed by atoms with Crippen molar-refractivity contribution in [1.29, 1.82) is 0 Å². The molecule has 0 amide bonds. The standard InChI is InChI=1S/C19H19N3O2.ClH/c1-11-7-12(2)9-14(8-11)22-17-15-6-5-13(3)21-18(15)20-10-16(17)19(23)24-4;/h5-10H,1-4H3,(H,20,21,22);1H. The molecule has 0 spiro atoms. The van der Waals surface area contributed by atoms with E-state index >= 15 is 0 Å². The zero-order valence-corrected chi connectivity index (χ0v) is 15.4. The third-order valence-corrected chi connectivity index (χ3v) is 3.77. The average Bonchev–Trinajstić information content (AvgIpc) is 2.53. The number of aromatic nitrogens is 2. The molecule has 0 aliphatic rings. The molecule has 1 aromatic carbocycles. The van der Waals surface area contributed by atoms with Gasteiger partial charge in [-0.3, -0.25) is 0 Å². The van der Waals surface area contributed by atoms with Crippen LogP contribution in [-0.4, -0.2) is 23.0 Å². The number of rotatable bonds is 3. The number of hydrogen-bond donors (Lipinski definition) is 1. The maximum absolute atomic E-state index is 12.1. The number of methoxy groups -OCH3 is 1. The van der Waals surface area contributed by atoms with Gasteiger partial charge in [0.25, 0.3) is 0 Å². The van der Waals surface area contributed by atoms with Crippen LogP contribution in [0.3, 0.4) is 0 Å². The lowest BCUT2D eigenvalue weighted by Crippen LogP contribution is -2.08. The lowest BCUT2D eigenvalue weighted by Gasteiger charge is -2.14. The number of nitrogens with one attached hydrogen (secondary N) is 1. The highest BCUT2D eigenvalue weighted by atomic mass is 35.5. The molecule has 0 saturated heterocycles. The molecular formula is C19H20ClN3O2. The van der Waals surface area contributed by atoms with Gasteiger partial charge in [-0.15, -0.1) is 12.4 Å². The molecule has 3 aromatic rings. The van der Waals surface area contributed by atoms with E-state index in [-0.39, 0.29) is 12.4 Å². The van der Waals surface area contributed by atoms with Gasteiger partial charge in [0.15, 0.2) is 5.65 Å². The maximum atomic E-state index is 12.1. The number of anilines is 2. The molecule has 0 radical (unpaired) electrons. The summed E-state index contributed by atoms with van der Waals surface area (Å²) in [4.78, 5) is 20.9. The van der Waals surface area contributed by atoms with Crippen LogP contribution >= 0.6 is 12.4 Å². The molecular weight excluding hydrogens is 338 g/mol. The molecule has 0 aliphatic heterocycles. The summed E-state index contributed by atoms with van der Waals surface area (Å²) >= 11 is 0. The topological polar surface area (TPSA) is 64.1 Å². The summed E-state index contributed by atoms with van der Waals surface area (Å²) in [5.41, 5.74) is 5.70. The van der Waals surface area contributed by atoms with Crippen LogP contribution in [0.5, 0.6) is 0 Å². The number of esters is 1. The Balaban J connectivity index is 0.00000225. The van der Waals surface area contributed by atoms with Crippen molar-refractivity contribution in [2.75, 3.05) is 12.4 Å². The number of hydrogen-bond acceptors (Lipinski definition) is 5. The van der Waals surface area contributed by atoms with Crippen LogP contribution in [0.2, 0.25) is 0 Å². The lowest BCUT2D eigenvalue weighted by atomic mass is 10.1. The summed E-state index contributed by atoms with van der Waals surface area (Å²) < 4.78 is 4.90. The predicted octanol–water partition coefficient (Wildman–Crippen LogP) is 4.51. The minimum Gasteiger partial charge on any atom is -0.465 e. The van der Waals surface area contributed by atoms with Crippen LogP contribution in [0.15, 0.2) is 36.5 Å². The minimum absolute atomic E-state index is 0. The number of benzene rings is 1. The second-order valence-electron chi connectivity index (χ2n) is 5.86. The van der Waals surface area contributed by atoms with E-state index < -0.39 is 5.97 Å². The molecule has 2 aromatic heterocycles. The summed E-state index contributed by atoms with van der Waals surface area (Å²) in [5.74, 6) is -0.433. The molecule has 6 heteroatoms. The van der Waals surface area contributed by atoms with Gasteiger partial charge in [0, 0.05) is 23.0 Å². The predicted molar refractivity (Wildman–Crippen MR) is 102 cm³/mol. The summed E-state index contributed by atoms with van der Waals surface area (Å²) in [6.07, 6.45) is 1.51. The Kier molecular flexibility index (Phi) is 5.59. The first-order valence-corrected chi connectivity index (χ1v) is 7.68. The van der Waals surface area contributed by atoms with Gasteiger partial charge >= 0.3 is 5.97 Å². The smallest absolute Gasteiger partial charge is 0.341 e. The van der Waals surface area contributed by atoms with Gasteiger partial charge in [-0.2, -0.15) is 0 Å². The third-order valence-electron chi connectivity index (χ3n) is 3.77. The fraction of sp³-hybridized carbons (Fsp3) is 0.211. The highest BCUT2D eigenvalue weighted by Crippen LogP contribution is 2.29. The van der Waals surface area contributed by atoms with E-state index in [0.29, 0.717) is 16.9 Å². The van der Waals surface area contributed by atoms with E-state index in [0.717, 1.165) is 27.9 Å². The fourth-order valence-corrected chi connectivity index (χ4v) is 2.76. The molecule has 0 fully saturated rings. The van der Waals surface area contributed by atoms with Crippen molar-refractivity contribution in [2.24, 2.45) is 0 Å². The van der Waals surface area contributed by atoms with E-state index in [2.05, 4.69) is 21.4 Å². The van der Waals surface area contributed by atoms with E-state index in [4.69, 9.17) is 4.74 Å². The van der Waals surface area contributed by atoms with Crippen molar-refractivity contribution in [3.8, 4) is 0 Å². The number of halogens is 1. The number of aryl methyl sites for hydroxylation is 3. The van der Waals surface area contributed by atoms with Gasteiger partial charge in [-0.05, 0) is 56.2 Å². The number of nitrogens with zero attached hydrogens (tertiary/aromatic N) is 2. The van der Waals surface area contributed by atoms with Crippen LogP contribution < -0.4 is 5.32 Å². The van der Waals surface area contributed by atoms with Crippen molar-refractivity contribution in [1.82, 2.24) is 9.97 Å². The van der Waals surface area contributed by atoms with Crippen molar-refractivity contribution >= 4 is 40.8 Å². The first-order chi connectivity index (χ1) is 11.5. The van der Waals surface area contributed by atoms with Gasteiger partial charge in [0.2, 0.25) is 0 Å². The SMILES string of the molecule is COC(=O)c1cnc2nc(C)ccc2c1Nc1cc(C)cc(C)c1.Cl. The summed E-state index contributed by atoms with van der Waals surface area (Å²) in [7, 11) is 1.36. The highest BCUT2D eigenvalue weighted by Gasteiger charge is 2.17. The van der Waals surface area contributed by atoms with E-state index in [9.17, 15) is 4.79 Å². The van der Waals surface area contributed by atoms with Crippen LogP contribution in [-0.2, 0) is 4.74 Å². The number of ether oxygens (including phenoxy) is 1. The van der Waals surface area contributed by atoms with Crippen molar-refractivity contribution < 1.29 is 9.53 Å². The third kappa shape index (κ3) is 3.88. The first kappa shape index (κ1) is 18.7. The molecule has 0 saturated carbocycles. The normalized spacial score (nSPS) is 10.2. The average molecular weight is 358 g/mol. The second-order valence-corrected chi connectivity index (χ2v) is 5.86. The molecule has 0 bridgehead atoms. The summed E-state index contributed by atoms with van der Waals surface area (Å²) in [6.45, 7) is 5.98. The Labute approximate surface area is 152 Å². The molecule has 3 rings (SSSR count). The van der Waals surface area contributed by atoms with Gasteiger partial charge < -0.3 is 10.1 Å². The maximum Gasteiger partial charge on any atom is 0.341 e. The molecule has 0 atom stereocenters. The molecule has 5 nitrogen and oxygen atoms in total.